The fourth-order valence-electron chi connectivity index (χ4n) is 0.950. The summed E-state index contributed by atoms with van der Waals surface area (Å²) in [6.45, 7) is 5.45. The lowest BCUT2D eigenvalue weighted by Crippen LogP contribution is -1.92. The van der Waals surface area contributed by atoms with Crippen molar-refractivity contribution in [2.45, 2.75) is 11.8 Å². The van der Waals surface area contributed by atoms with E-state index in [1.54, 1.807) is 13.0 Å². The van der Waals surface area contributed by atoms with Gasteiger partial charge in [-0.2, -0.15) is 0 Å². The zero-order valence-electron chi connectivity index (χ0n) is 7.42. The van der Waals surface area contributed by atoms with Crippen molar-refractivity contribution in [1.82, 2.24) is 0 Å². The Morgan fingerprint density at radius 1 is 1.36 bits per heavy atom. The molecular weight excluding hydrogens is 243 g/mol. The molecule has 0 fully saturated rings. The van der Waals surface area contributed by atoms with Crippen LogP contribution < -0.4 is 0 Å². The summed E-state index contributed by atoms with van der Waals surface area (Å²) >= 11 is 5.74. The van der Waals surface area contributed by atoms with Gasteiger partial charge in [-0.05, 0) is 30.7 Å². The summed E-state index contributed by atoms with van der Waals surface area (Å²) in [5.74, 6) is 0. The molecule has 1 aromatic carbocycles. The van der Waals surface area contributed by atoms with Crippen molar-refractivity contribution in [3.63, 3.8) is 0 Å². The van der Waals surface area contributed by atoms with Crippen LogP contribution in [0.15, 0.2) is 29.7 Å². The number of allylic oxidation sites excluding steroid dienone is 1. The molecule has 0 amide bonds. The van der Waals surface area contributed by atoms with E-state index in [2.05, 4.69) is 6.58 Å². The molecular formula is C9H8Cl2O2S. The molecule has 0 saturated heterocycles. The number of hydrogen-bond acceptors (Lipinski definition) is 2. The molecule has 0 N–H and O–H groups in total. The van der Waals surface area contributed by atoms with Gasteiger partial charge in [0.25, 0.3) is 9.05 Å². The summed E-state index contributed by atoms with van der Waals surface area (Å²) in [6, 6.07) is 4.38. The number of rotatable bonds is 2. The molecule has 0 heterocycles. The molecule has 0 aliphatic carbocycles. The minimum Gasteiger partial charge on any atom is -0.207 e. The van der Waals surface area contributed by atoms with Crippen LogP contribution in [0.1, 0.15) is 12.5 Å². The highest BCUT2D eigenvalue weighted by molar-refractivity contribution is 8.13. The minimum absolute atomic E-state index is 0.00957. The van der Waals surface area contributed by atoms with E-state index >= 15 is 0 Å². The van der Waals surface area contributed by atoms with Crippen molar-refractivity contribution in [2.75, 3.05) is 0 Å². The van der Waals surface area contributed by atoms with Crippen LogP contribution in [-0.4, -0.2) is 8.42 Å². The third-order valence-electron chi connectivity index (χ3n) is 1.65. The molecule has 14 heavy (non-hydrogen) atoms. The predicted octanol–water partition coefficient (Wildman–Crippen LogP) is 3.30. The first-order chi connectivity index (χ1) is 6.30. The van der Waals surface area contributed by atoms with Gasteiger partial charge in [-0.1, -0.05) is 23.8 Å². The molecule has 2 nitrogen and oxygen atoms in total. The zero-order valence-corrected chi connectivity index (χ0v) is 9.75. The Balaban J connectivity index is 3.43. The van der Waals surface area contributed by atoms with Crippen molar-refractivity contribution in [3.8, 4) is 0 Å². The van der Waals surface area contributed by atoms with E-state index in [1.165, 1.54) is 12.1 Å². The van der Waals surface area contributed by atoms with Crippen molar-refractivity contribution >= 4 is 36.9 Å². The smallest absolute Gasteiger partial charge is 0.207 e. The van der Waals surface area contributed by atoms with Crippen molar-refractivity contribution in [2.24, 2.45) is 0 Å². The summed E-state index contributed by atoms with van der Waals surface area (Å²) in [4.78, 5) is -0.00957. The van der Waals surface area contributed by atoms with E-state index in [4.69, 9.17) is 22.3 Å². The highest BCUT2D eigenvalue weighted by atomic mass is 35.7. The summed E-state index contributed by atoms with van der Waals surface area (Å²) < 4.78 is 22.1. The maximum Gasteiger partial charge on any atom is 0.261 e. The van der Waals surface area contributed by atoms with Crippen LogP contribution in [0.3, 0.4) is 0 Å². The van der Waals surface area contributed by atoms with Gasteiger partial charge in [0.2, 0.25) is 0 Å². The second kappa shape index (κ2) is 3.93. The lowest BCUT2D eigenvalue weighted by Gasteiger charge is -2.03. The van der Waals surface area contributed by atoms with Crippen LogP contribution in [0, 0.1) is 0 Å². The molecule has 76 valence electrons. The first-order valence-corrected chi connectivity index (χ1v) is 6.40. The largest absolute Gasteiger partial charge is 0.261 e. The summed E-state index contributed by atoms with van der Waals surface area (Å²) in [5, 5.41) is 0.324. The first kappa shape index (κ1) is 11.6. The van der Waals surface area contributed by atoms with Crippen LogP contribution in [0.5, 0.6) is 0 Å². The van der Waals surface area contributed by atoms with Gasteiger partial charge in [0.15, 0.2) is 0 Å². The summed E-state index contributed by atoms with van der Waals surface area (Å²) in [5.41, 5.74) is 1.39. The molecule has 0 saturated carbocycles. The van der Waals surface area contributed by atoms with Crippen molar-refractivity contribution in [3.05, 3.63) is 35.4 Å². The molecule has 1 rings (SSSR count). The summed E-state index contributed by atoms with van der Waals surface area (Å²) in [7, 11) is 1.46. The van der Waals surface area contributed by atoms with Crippen LogP contribution in [0.2, 0.25) is 5.02 Å². The van der Waals surface area contributed by atoms with Gasteiger partial charge < -0.3 is 0 Å². The molecule has 0 unspecified atom stereocenters. The monoisotopic (exact) mass is 250 g/mol. The second-order valence-electron chi connectivity index (χ2n) is 2.89. The van der Waals surface area contributed by atoms with Crippen LogP contribution in [-0.2, 0) is 9.05 Å². The Kier molecular flexibility index (Phi) is 3.24. The van der Waals surface area contributed by atoms with Gasteiger partial charge in [0, 0.05) is 15.7 Å². The molecule has 5 heteroatoms. The van der Waals surface area contributed by atoms with Crippen molar-refractivity contribution in [1.29, 1.82) is 0 Å². The topological polar surface area (TPSA) is 34.1 Å². The highest BCUT2D eigenvalue weighted by Gasteiger charge is 2.12. The normalized spacial score (nSPS) is 11.4. The van der Waals surface area contributed by atoms with Crippen LogP contribution >= 0.6 is 22.3 Å². The SMILES string of the molecule is C=C(C)c1cc(Cl)cc(S(=O)(=O)Cl)c1. The quantitative estimate of drug-likeness (QED) is 0.755. The molecule has 1 aromatic rings. The maximum absolute atomic E-state index is 11.0. The van der Waals surface area contributed by atoms with E-state index in [-0.39, 0.29) is 4.90 Å². The van der Waals surface area contributed by atoms with E-state index in [1.807, 2.05) is 0 Å². The standard InChI is InChI=1S/C9H8Cl2O2S/c1-6(2)7-3-8(10)5-9(4-7)14(11,12)13/h3-5H,1H2,2H3. The van der Waals surface area contributed by atoms with Gasteiger partial charge in [-0.3, -0.25) is 0 Å². The molecule has 0 spiro atoms. The van der Waals surface area contributed by atoms with Gasteiger partial charge in [0.1, 0.15) is 0 Å². The Bertz CT molecular complexity index is 478. The van der Waals surface area contributed by atoms with E-state index < -0.39 is 9.05 Å². The fourth-order valence-corrected chi connectivity index (χ4v) is 2.05. The number of halogens is 2. The molecule has 0 radical (unpaired) electrons. The highest BCUT2D eigenvalue weighted by Crippen LogP contribution is 2.24. The lowest BCUT2D eigenvalue weighted by atomic mass is 10.1. The van der Waals surface area contributed by atoms with E-state index in [0.717, 1.165) is 5.57 Å². The zero-order chi connectivity index (χ0) is 10.9. The van der Waals surface area contributed by atoms with Crippen LogP contribution in [0.4, 0.5) is 0 Å². The molecule has 0 aliphatic heterocycles. The number of hydrogen-bond donors (Lipinski definition) is 0. The third-order valence-corrected chi connectivity index (χ3v) is 3.20. The molecule has 0 aliphatic rings. The average molecular weight is 251 g/mol. The fraction of sp³-hybridized carbons (Fsp3) is 0.111. The van der Waals surface area contributed by atoms with Crippen LogP contribution in [0.25, 0.3) is 5.57 Å². The van der Waals surface area contributed by atoms with E-state index in [9.17, 15) is 8.42 Å². The van der Waals surface area contributed by atoms with Gasteiger partial charge in [-0.15, -0.1) is 0 Å². The molecule has 0 atom stereocenters. The van der Waals surface area contributed by atoms with Gasteiger partial charge in [-0.25, -0.2) is 8.42 Å². The van der Waals surface area contributed by atoms with Gasteiger partial charge >= 0.3 is 0 Å². The Hall–Kier alpha value is -0.510. The Labute approximate surface area is 92.6 Å². The molecule has 0 aromatic heterocycles. The Morgan fingerprint density at radius 3 is 2.36 bits per heavy atom. The van der Waals surface area contributed by atoms with E-state index in [0.29, 0.717) is 10.6 Å². The lowest BCUT2D eigenvalue weighted by molar-refractivity contribution is 0.609. The third kappa shape index (κ3) is 2.74. The maximum atomic E-state index is 11.0. The minimum atomic E-state index is -3.73. The van der Waals surface area contributed by atoms with Crippen molar-refractivity contribution < 1.29 is 8.42 Å². The summed E-state index contributed by atoms with van der Waals surface area (Å²) in [6.07, 6.45) is 0. The predicted molar refractivity (Wildman–Crippen MR) is 59.2 cm³/mol. The Morgan fingerprint density at radius 2 is 1.93 bits per heavy atom. The molecule has 0 bridgehead atoms. The second-order valence-corrected chi connectivity index (χ2v) is 5.90. The number of benzene rings is 1. The first-order valence-electron chi connectivity index (χ1n) is 3.72. The van der Waals surface area contributed by atoms with Gasteiger partial charge in [0.05, 0.1) is 4.90 Å². The average Bonchev–Trinajstić information content (AvgIpc) is 2.01.